The van der Waals surface area contributed by atoms with Crippen LogP contribution in [0.1, 0.15) is 21.9 Å². The minimum absolute atomic E-state index is 0.210. The zero-order valence-electron chi connectivity index (χ0n) is 17.2. The van der Waals surface area contributed by atoms with Crippen molar-refractivity contribution in [2.45, 2.75) is 13.8 Å². The summed E-state index contributed by atoms with van der Waals surface area (Å²) in [6.07, 6.45) is 0. The molecule has 0 saturated heterocycles. The number of ether oxygens (including phenoxy) is 2. The average molecular weight is 479 g/mol. The van der Waals surface area contributed by atoms with Gasteiger partial charge in [-0.25, -0.2) is 4.79 Å². The number of halogens is 1. The number of carbonyl (C=O) groups is 1. The van der Waals surface area contributed by atoms with E-state index in [1.807, 2.05) is 30.3 Å². The van der Waals surface area contributed by atoms with Crippen LogP contribution in [0.25, 0.3) is 21.9 Å². The summed E-state index contributed by atoms with van der Waals surface area (Å²) in [5, 5.41) is 0.884. The number of rotatable bonds is 4. The molecule has 1 heterocycles. The zero-order valence-corrected chi connectivity index (χ0v) is 18.8. The Labute approximate surface area is 187 Å². The van der Waals surface area contributed by atoms with Crippen LogP contribution < -0.4 is 14.9 Å². The molecule has 0 N–H and O–H groups in total. The second-order valence-corrected chi connectivity index (χ2v) is 7.89. The van der Waals surface area contributed by atoms with Gasteiger partial charge in [0.25, 0.3) is 0 Å². The molecule has 0 spiro atoms. The Hall–Kier alpha value is -3.38. The second-order valence-electron chi connectivity index (χ2n) is 7.03. The Bertz CT molecular complexity index is 1350. The molecule has 0 bridgehead atoms. The van der Waals surface area contributed by atoms with Crippen molar-refractivity contribution in [1.82, 2.24) is 0 Å². The van der Waals surface area contributed by atoms with Gasteiger partial charge in [0.2, 0.25) is 0 Å². The molecule has 4 rings (SSSR count). The van der Waals surface area contributed by atoms with Crippen LogP contribution in [0.15, 0.2) is 74.3 Å². The number of esters is 1. The first kappa shape index (κ1) is 20.9. The van der Waals surface area contributed by atoms with Crippen molar-refractivity contribution < 1.29 is 18.7 Å². The predicted molar refractivity (Wildman–Crippen MR) is 123 cm³/mol. The monoisotopic (exact) mass is 478 g/mol. The summed E-state index contributed by atoms with van der Waals surface area (Å²) in [6.45, 7) is 3.47. The second kappa shape index (κ2) is 8.40. The van der Waals surface area contributed by atoms with Crippen molar-refractivity contribution in [3.8, 4) is 22.6 Å². The van der Waals surface area contributed by atoms with Crippen LogP contribution in [-0.4, -0.2) is 13.1 Å². The van der Waals surface area contributed by atoms with E-state index in [-0.39, 0.29) is 11.2 Å². The molecule has 0 aliphatic heterocycles. The van der Waals surface area contributed by atoms with E-state index in [1.165, 1.54) is 6.07 Å². The van der Waals surface area contributed by atoms with E-state index in [0.717, 1.165) is 5.56 Å². The molecule has 0 atom stereocenters. The lowest BCUT2D eigenvalue weighted by Gasteiger charge is -2.07. The number of hydrogen-bond acceptors (Lipinski definition) is 5. The van der Waals surface area contributed by atoms with Crippen LogP contribution in [0.4, 0.5) is 0 Å². The molecule has 3 aromatic carbocycles. The fraction of sp³-hybridized carbons (Fsp3) is 0.120. The molecule has 4 aromatic rings. The van der Waals surface area contributed by atoms with Gasteiger partial charge < -0.3 is 13.9 Å². The van der Waals surface area contributed by atoms with Crippen molar-refractivity contribution in [2.75, 3.05) is 7.11 Å². The number of methoxy groups -OCH3 is 1. The summed E-state index contributed by atoms with van der Waals surface area (Å²) < 4.78 is 17.4. The van der Waals surface area contributed by atoms with Crippen molar-refractivity contribution in [3.63, 3.8) is 0 Å². The van der Waals surface area contributed by atoms with Gasteiger partial charge in [-0.3, -0.25) is 4.79 Å². The molecule has 0 amide bonds. The maximum absolute atomic E-state index is 13.1. The lowest BCUT2D eigenvalue weighted by Crippen LogP contribution is -2.09. The zero-order chi connectivity index (χ0) is 22.1. The topological polar surface area (TPSA) is 65.7 Å². The van der Waals surface area contributed by atoms with Crippen molar-refractivity contribution in [2.24, 2.45) is 0 Å². The number of carbonyl (C=O) groups excluding carboxylic acids is 1. The minimum Gasteiger partial charge on any atom is -0.497 e. The molecule has 31 heavy (non-hydrogen) atoms. The fourth-order valence-corrected chi connectivity index (χ4v) is 4.00. The van der Waals surface area contributed by atoms with E-state index in [1.54, 1.807) is 45.2 Å². The van der Waals surface area contributed by atoms with E-state index in [2.05, 4.69) is 15.9 Å². The summed E-state index contributed by atoms with van der Waals surface area (Å²) in [6, 6.07) is 17.6. The standard InChI is InChI=1S/C25H19BrO5/c1-14-23-21(27)12-17(16-8-10-18(29-3)11-9-16)13-22(24(23)15(2)30-14)31-25(28)19-6-4-5-7-20(19)26/h4-13H,1-3H3. The van der Waals surface area contributed by atoms with Crippen molar-refractivity contribution in [3.05, 3.63) is 92.4 Å². The van der Waals surface area contributed by atoms with E-state index in [4.69, 9.17) is 13.9 Å². The van der Waals surface area contributed by atoms with Crippen LogP contribution in [0.3, 0.4) is 0 Å². The van der Waals surface area contributed by atoms with Gasteiger partial charge in [0, 0.05) is 4.47 Å². The van der Waals surface area contributed by atoms with Crippen molar-refractivity contribution >= 4 is 32.7 Å². The highest BCUT2D eigenvalue weighted by molar-refractivity contribution is 9.10. The molecular weight excluding hydrogens is 460 g/mol. The summed E-state index contributed by atoms with van der Waals surface area (Å²) in [5.41, 5.74) is 1.59. The predicted octanol–water partition coefficient (Wildman–Crippen LogP) is 6.07. The molecule has 0 saturated carbocycles. The summed E-state index contributed by atoms with van der Waals surface area (Å²) in [7, 11) is 1.59. The van der Waals surface area contributed by atoms with Gasteiger partial charge in [0.05, 0.1) is 23.4 Å². The number of hydrogen-bond donors (Lipinski definition) is 0. The van der Waals surface area contributed by atoms with Crippen molar-refractivity contribution in [1.29, 1.82) is 0 Å². The van der Waals surface area contributed by atoms with Gasteiger partial charge in [-0.15, -0.1) is 0 Å². The quantitative estimate of drug-likeness (QED) is 0.333. The van der Waals surface area contributed by atoms with Gasteiger partial charge in [-0.05, 0) is 77.3 Å². The van der Waals surface area contributed by atoms with Gasteiger partial charge >= 0.3 is 5.97 Å². The Morgan fingerprint density at radius 3 is 2.26 bits per heavy atom. The summed E-state index contributed by atoms with van der Waals surface area (Å²) >= 11 is 3.38. The molecular formula is C25H19BrO5. The lowest BCUT2D eigenvalue weighted by molar-refractivity contribution is 0.0736. The normalized spacial score (nSPS) is 10.8. The van der Waals surface area contributed by atoms with Crippen LogP contribution in [0.2, 0.25) is 0 Å². The highest BCUT2D eigenvalue weighted by atomic mass is 79.9. The summed E-state index contributed by atoms with van der Waals surface area (Å²) in [4.78, 5) is 26.0. The number of aryl methyl sites for hydroxylation is 2. The third kappa shape index (κ3) is 3.99. The van der Waals surface area contributed by atoms with Gasteiger partial charge in [0.15, 0.2) is 5.43 Å². The maximum atomic E-state index is 13.1. The molecule has 6 heteroatoms. The smallest absolute Gasteiger partial charge is 0.344 e. The van der Waals surface area contributed by atoms with E-state index in [9.17, 15) is 9.59 Å². The molecule has 156 valence electrons. The SMILES string of the molecule is COc1ccc(-c2cc(OC(=O)c3ccccc3Br)c3c(C)oc(C)c3c(=O)c2)cc1. The molecule has 5 nitrogen and oxygen atoms in total. The largest absolute Gasteiger partial charge is 0.497 e. The first-order valence-electron chi connectivity index (χ1n) is 9.58. The third-order valence-corrected chi connectivity index (χ3v) is 5.74. The van der Waals surface area contributed by atoms with Gasteiger partial charge in [0.1, 0.15) is 23.0 Å². The number of benzene rings is 2. The van der Waals surface area contributed by atoms with Crippen LogP contribution >= 0.6 is 15.9 Å². The first-order chi connectivity index (χ1) is 14.9. The molecule has 1 aromatic heterocycles. The fourth-order valence-electron chi connectivity index (χ4n) is 3.56. The first-order valence-corrected chi connectivity index (χ1v) is 10.4. The Morgan fingerprint density at radius 2 is 1.58 bits per heavy atom. The summed E-state index contributed by atoms with van der Waals surface area (Å²) in [5.74, 6) is 1.42. The molecule has 0 aliphatic rings. The van der Waals surface area contributed by atoms with E-state index in [0.29, 0.717) is 43.6 Å². The van der Waals surface area contributed by atoms with Gasteiger partial charge in [-0.2, -0.15) is 0 Å². The van der Waals surface area contributed by atoms with E-state index >= 15 is 0 Å². The number of furan rings is 1. The highest BCUT2D eigenvalue weighted by Crippen LogP contribution is 2.34. The minimum atomic E-state index is -0.536. The third-order valence-electron chi connectivity index (χ3n) is 5.05. The maximum Gasteiger partial charge on any atom is 0.344 e. The highest BCUT2D eigenvalue weighted by Gasteiger charge is 2.20. The van der Waals surface area contributed by atoms with Crippen LogP contribution in [-0.2, 0) is 0 Å². The Balaban J connectivity index is 1.93. The molecule has 0 unspecified atom stereocenters. The Morgan fingerprint density at radius 1 is 0.903 bits per heavy atom. The lowest BCUT2D eigenvalue weighted by atomic mass is 10.1. The van der Waals surface area contributed by atoms with Gasteiger partial charge in [-0.1, -0.05) is 24.3 Å². The van der Waals surface area contributed by atoms with Crippen LogP contribution in [0.5, 0.6) is 11.5 Å². The van der Waals surface area contributed by atoms with E-state index < -0.39 is 5.97 Å². The Kier molecular flexibility index (Phi) is 5.65. The molecule has 0 fully saturated rings. The average Bonchev–Trinajstić information content (AvgIpc) is 2.97. The molecule has 0 aliphatic carbocycles. The molecule has 0 radical (unpaired) electrons. The number of fused-ring (bicyclic) bond motifs is 1. The van der Waals surface area contributed by atoms with Crippen LogP contribution in [0, 0.1) is 13.8 Å².